The zero-order valence-electron chi connectivity index (χ0n) is 12.8. The van der Waals surface area contributed by atoms with Crippen LogP contribution in [0.25, 0.3) is 0 Å². The lowest BCUT2D eigenvalue weighted by atomic mass is 10.0. The Balaban J connectivity index is 1.94. The molecule has 3 aromatic rings. The summed E-state index contributed by atoms with van der Waals surface area (Å²) in [5.41, 5.74) is 5.40. The van der Waals surface area contributed by atoms with Crippen molar-refractivity contribution in [2.75, 3.05) is 5.43 Å². The first-order valence-electron chi connectivity index (χ1n) is 7.48. The van der Waals surface area contributed by atoms with Gasteiger partial charge in [0.15, 0.2) is 0 Å². The van der Waals surface area contributed by atoms with E-state index >= 15 is 0 Å². The largest absolute Gasteiger partial charge is 0.287 e. The number of carbonyl (C=O) groups is 1. The quantitative estimate of drug-likeness (QED) is 0.403. The van der Waals surface area contributed by atoms with Crippen LogP contribution in [0.15, 0.2) is 90.0 Å². The molecule has 118 valence electrons. The maximum absolute atomic E-state index is 12.8. The molecule has 4 heteroatoms. The molecule has 0 amide bonds. The Kier molecular flexibility index (Phi) is 5.04. The fourth-order valence-electron chi connectivity index (χ4n) is 2.21. The lowest BCUT2D eigenvalue weighted by molar-refractivity contribution is 0.106. The van der Waals surface area contributed by atoms with Crippen molar-refractivity contribution in [3.63, 3.8) is 0 Å². The fourth-order valence-corrected chi connectivity index (χ4v) is 2.34. The molecule has 0 saturated carbocycles. The van der Waals surface area contributed by atoms with Crippen LogP contribution >= 0.6 is 11.6 Å². The van der Waals surface area contributed by atoms with Gasteiger partial charge >= 0.3 is 0 Å². The van der Waals surface area contributed by atoms with Crippen LogP contribution < -0.4 is 5.43 Å². The average Bonchev–Trinajstić information content (AvgIpc) is 2.65. The van der Waals surface area contributed by atoms with Gasteiger partial charge in [-0.15, -0.1) is 0 Å². The molecule has 0 bridgehead atoms. The summed E-state index contributed by atoms with van der Waals surface area (Å²) >= 11 is 5.88. The molecule has 0 unspecified atom stereocenters. The standard InChI is InChI=1S/C20H15ClN2O/c21-17-11-13-18(14-12-17)22-23-19(15-7-3-1-4-8-15)20(24)16-9-5-2-6-10-16/h1-14,22H/b23-19+. The van der Waals surface area contributed by atoms with E-state index in [9.17, 15) is 4.79 Å². The molecule has 24 heavy (non-hydrogen) atoms. The van der Waals surface area contributed by atoms with E-state index in [-0.39, 0.29) is 5.78 Å². The Labute approximate surface area is 145 Å². The predicted octanol–water partition coefficient (Wildman–Crippen LogP) is 5.04. The molecule has 3 rings (SSSR count). The van der Waals surface area contributed by atoms with E-state index in [0.717, 1.165) is 11.3 Å². The highest BCUT2D eigenvalue weighted by Gasteiger charge is 2.16. The molecule has 0 heterocycles. The van der Waals surface area contributed by atoms with Gasteiger partial charge in [-0.05, 0) is 24.3 Å². The van der Waals surface area contributed by atoms with Gasteiger partial charge in [0.1, 0.15) is 5.71 Å². The summed E-state index contributed by atoms with van der Waals surface area (Å²) in [7, 11) is 0. The fraction of sp³-hybridized carbons (Fsp3) is 0. The van der Waals surface area contributed by atoms with Gasteiger partial charge in [-0.1, -0.05) is 72.3 Å². The normalized spacial score (nSPS) is 11.1. The Morgan fingerprint density at radius 3 is 1.88 bits per heavy atom. The molecule has 0 atom stereocenters. The highest BCUT2D eigenvalue weighted by molar-refractivity contribution is 6.51. The Morgan fingerprint density at radius 1 is 0.750 bits per heavy atom. The van der Waals surface area contributed by atoms with E-state index in [1.807, 2.05) is 48.5 Å². The minimum Gasteiger partial charge on any atom is -0.287 e. The number of hydrogen-bond acceptors (Lipinski definition) is 3. The third kappa shape index (κ3) is 3.89. The Morgan fingerprint density at radius 2 is 1.29 bits per heavy atom. The zero-order valence-corrected chi connectivity index (χ0v) is 13.6. The number of hydrogen-bond donors (Lipinski definition) is 1. The maximum atomic E-state index is 12.8. The Bertz CT molecular complexity index is 844. The number of ketones is 1. The molecule has 0 aliphatic carbocycles. The minimum atomic E-state index is -0.136. The Hall–Kier alpha value is -2.91. The first-order chi connectivity index (χ1) is 11.7. The molecular weight excluding hydrogens is 320 g/mol. The molecule has 0 fully saturated rings. The summed E-state index contributed by atoms with van der Waals surface area (Å²) in [6, 6.07) is 25.6. The van der Waals surface area contributed by atoms with E-state index in [0.29, 0.717) is 16.3 Å². The number of carbonyl (C=O) groups excluding carboxylic acids is 1. The van der Waals surface area contributed by atoms with Crippen molar-refractivity contribution in [1.82, 2.24) is 0 Å². The number of Topliss-reactive ketones (excluding diaryl/α,β-unsaturated/α-hetero) is 1. The molecule has 3 aromatic carbocycles. The van der Waals surface area contributed by atoms with Gasteiger partial charge in [0.05, 0.1) is 5.69 Å². The number of nitrogens with zero attached hydrogens (tertiary/aromatic N) is 1. The number of hydrazone groups is 1. The summed E-state index contributed by atoms with van der Waals surface area (Å²) < 4.78 is 0. The van der Waals surface area contributed by atoms with Crippen LogP contribution in [0.5, 0.6) is 0 Å². The second-order valence-electron chi connectivity index (χ2n) is 5.14. The van der Waals surface area contributed by atoms with Crippen LogP contribution in [-0.4, -0.2) is 11.5 Å². The third-order valence-corrected chi connectivity index (χ3v) is 3.69. The lowest BCUT2D eigenvalue weighted by Crippen LogP contribution is -2.17. The number of nitrogens with one attached hydrogen (secondary N) is 1. The van der Waals surface area contributed by atoms with Gasteiger partial charge in [0.2, 0.25) is 5.78 Å². The van der Waals surface area contributed by atoms with Crippen molar-refractivity contribution in [2.45, 2.75) is 0 Å². The van der Waals surface area contributed by atoms with Crippen LogP contribution in [0.3, 0.4) is 0 Å². The topological polar surface area (TPSA) is 41.5 Å². The first kappa shape index (κ1) is 16.0. The summed E-state index contributed by atoms with van der Waals surface area (Å²) in [6.07, 6.45) is 0. The van der Waals surface area contributed by atoms with Crippen molar-refractivity contribution in [2.24, 2.45) is 5.10 Å². The molecule has 1 N–H and O–H groups in total. The van der Waals surface area contributed by atoms with Crippen molar-refractivity contribution >= 4 is 28.8 Å². The summed E-state index contributed by atoms with van der Waals surface area (Å²) in [6.45, 7) is 0. The van der Waals surface area contributed by atoms with Gasteiger partial charge < -0.3 is 0 Å². The van der Waals surface area contributed by atoms with Gasteiger partial charge in [0.25, 0.3) is 0 Å². The molecule has 0 aromatic heterocycles. The number of halogens is 1. The van der Waals surface area contributed by atoms with Crippen molar-refractivity contribution in [3.8, 4) is 0 Å². The van der Waals surface area contributed by atoms with Gasteiger partial charge in [-0.25, -0.2) is 0 Å². The molecule has 0 spiro atoms. The van der Waals surface area contributed by atoms with E-state index in [4.69, 9.17) is 11.6 Å². The number of rotatable bonds is 5. The SMILES string of the molecule is O=C(/C(=N/Nc1ccc(Cl)cc1)c1ccccc1)c1ccccc1. The van der Waals surface area contributed by atoms with Gasteiger partial charge in [-0.3, -0.25) is 10.2 Å². The van der Waals surface area contributed by atoms with E-state index in [2.05, 4.69) is 10.5 Å². The first-order valence-corrected chi connectivity index (χ1v) is 7.86. The van der Waals surface area contributed by atoms with Crippen LogP contribution in [0.2, 0.25) is 5.02 Å². The number of benzene rings is 3. The molecule has 0 saturated heterocycles. The minimum absolute atomic E-state index is 0.136. The van der Waals surface area contributed by atoms with E-state index < -0.39 is 0 Å². The monoisotopic (exact) mass is 334 g/mol. The van der Waals surface area contributed by atoms with Crippen molar-refractivity contribution < 1.29 is 4.79 Å². The van der Waals surface area contributed by atoms with E-state index in [1.54, 1.807) is 36.4 Å². The second kappa shape index (κ2) is 7.57. The zero-order chi connectivity index (χ0) is 16.8. The predicted molar refractivity (Wildman–Crippen MR) is 98.8 cm³/mol. The highest BCUT2D eigenvalue weighted by Crippen LogP contribution is 2.15. The van der Waals surface area contributed by atoms with E-state index in [1.165, 1.54) is 0 Å². The van der Waals surface area contributed by atoms with Crippen LogP contribution in [0.4, 0.5) is 5.69 Å². The molecule has 3 nitrogen and oxygen atoms in total. The lowest BCUT2D eigenvalue weighted by Gasteiger charge is -2.08. The third-order valence-electron chi connectivity index (χ3n) is 3.44. The van der Waals surface area contributed by atoms with Gasteiger partial charge in [-0.2, -0.15) is 5.10 Å². The van der Waals surface area contributed by atoms with Crippen molar-refractivity contribution in [1.29, 1.82) is 0 Å². The highest BCUT2D eigenvalue weighted by atomic mass is 35.5. The molecule has 0 aliphatic heterocycles. The van der Waals surface area contributed by atoms with Gasteiger partial charge in [0, 0.05) is 16.1 Å². The van der Waals surface area contributed by atoms with Crippen LogP contribution in [0, 0.1) is 0 Å². The summed E-state index contributed by atoms with van der Waals surface area (Å²) in [5, 5.41) is 4.99. The molecular formula is C20H15ClN2O. The molecule has 0 aliphatic rings. The van der Waals surface area contributed by atoms with Crippen LogP contribution in [0.1, 0.15) is 15.9 Å². The molecule has 0 radical (unpaired) electrons. The summed E-state index contributed by atoms with van der Waals surface area (Å²) in [4.78, 5) is 12.8. The average molecular weight is 335 g/mol. The second-order valence-corrected chi connectivity index (χ2v) is 5.58. The maximum Gasteiger partial charge on any atom is 0.213 e. The van der Waals surface area contributed by atoms with Crippen LogP contribution in [-0.2, 0) is 0 Å². The number of anilines is 1. The van der Waals surface area contributed by atoms with Crippen molar-refractivity contribution in [3.05, 3.63) is 101 Å². The smallest absolute Gasteiger partial charge is 0.213 e. The summed E-state index contributed by atoms with van der Waals surface area (Å²) in [5.74, 6) is -0.136.